The molecule has 2 fully saturated rings. The average molecular weight is 358 g/mol. The SMILES string of the molecule is CCCc1[nH]nc(C(=O)N2CC[C@@H]3CNC[C@@H]3CC2)c1[N+](=O)[O-].Cl. The van der Waals surface area contributed by atoms with Crippen molar-refractivity contribution in [2.45, 2.75) is 32.6 Å². The number of hydrogen-bond acceptors (Lipinski definition) is 5. The van der Waals surface area contributed by atoms with Gasteiger partial charge < -0.3 is 10.2 Å². The molecular weight excluding hydrogens is 334 g/mol. The van der Waals surface area contributed by atoms with Crippen LogP contribution < -0.4 is 5.32 Å². The van der Waals surface area contributed by atoms with Gasteiger partial charge in [-0.3, -0.25) is 20.0 Å². The van der Waals surface area contributed by atoms with Gasteiger partial charge in [-0.15, -0.1) is 12.4 Å². The number of likely N-dealkylation sites (tertiary alicyclic amines) is 1. The largest absolute Gasteiger partial charge is 0.337 e. The quantitative estimate of drug-likeness (QED) is 0.631. The van der Waals surface area contributed by atoms with Crippen LogP contribution in [0.25, 0.3) is 0 Å². The van der Waals surface area contributed by atoms with Gasteiger partial charge in [0, 0.05) is 13.1 Å². The Kier molecular flexibility index (Phi) is 6.17. The smallest absolute Gasteiger partial charge is 0.322 e. The molecule has 0 spiro atoms. The van der Waals surface area contributed by atoms with E-state index in [1.807, 2.05) is 6.92 Å². The van der Waals surface area contributed by atoms with E-state index in [0.717, 1.165) is 32.4 Å². The molecule has 0 unspecified atom stereocenters. The summed E-state index contributed by atoms with van der Waals surface area (Å²) in [6.45, 7) is 5.25. The van der Waals surface area contributed by atoms with Gasteiger partial charge in [-0.05, 0) is 44.2 Å². The molecule has 8 nitrogen and oxygen atoms in total. The molecule has 2 N–H and O–H groups in total. The van der Waals surface area contributed by atoms with Crippen molar-refractivity contribution in [1.29, 1.82) is 0 Å². The summed E-state index contributed by atoms with van der Waals surface area (Å²) in [5.74, 6) is 0.901. The maximum Gasteiger partial charge on any atom is 0.322 e. The van der Waals surface area contributed by atoms with Crippen molar-refractivity contribution in [2.75, 3.05) is 26.2 Å². The number of halogens is 1. The molecule has 1 aromatic heterocycles. The number of nitrogens with one attached hydrogen (secondary N) is 2. The minimum absolute atomic E-state index is 0. The van der Waals surface area contributed by atoms with Crippen LogP contribution in [0, 0.1) is 22.0 Å². The predicted molar refractivity (Wildman–Crippen MR) is 91.5 cm³/mol. The third-order valence-electron chi connectivity index (χ3n) is 5.00. The zero-order valence-electron chi connectivity index (χ0n) is 13.8. The van der Waals surface area contributed by atoms with Crippen molar-refractivity contribution < 1.29 is 9.72 Å². The average Bonchev–Trinajstić information content (AvgIpc) is 3.10. The van der Waals surface area contributed by atoms with Crippen molar-refractivity contribution >= 4 is 24.0 Å². The predicted octanol–water partition coefficient (Wildman–Crippen LogP) is 1.76. The molecule has 0 aromatic carbocycles. The van der Waals surface area contributed by atoms with E-state index in [0.29, 0.717) is 37.0 Å². The Morgan fingerprint density at radius 2 is 1.96 bits per heavy atom. The van der Waals surface area contributed by atoms with Crippen LogP contribution >= 0.6 is 12.4 Å². The van der Waals surface area contributed by atoms with Crippen molar-refractivity contribution in [3.05, 3.63) is 21.5 Å². The lowest BCUT2D eigenvalue weighted by Gasteiger charge is -2.19. The van der Waals surface area contributed by atoms with Crippen molar-refractivity contribution in [1.82, 2.24) is 20.4 Å². The summed E-state index contributed by atoms with van der Waals surface area (Å²) >= 11 is 0. The van der Waals surface area contributed by atoms with Crippen LogP contribution in [-0.2, 0) is 6.42 Å². The number of hydrogen-bond donors (Lipinski definition) is 2. The zero-order chi connectivity index (χ0) is 16.4. The highest BCUT2D eigenvalue weighted by Gasteiger charge is 2.35. The summed E-state index contributed by atoms with van der Waals surface area (Å²) in [6, 6.07) is 0. The Morgan fingerprint density at radius 3 is 2.50 bits per heavy atom. The number of fused-ring (bicyclic) bond motifs is 1. The zero-order valence-corrected chi connectivity index (χ0v) is 14.6. The fourth-order valence-corrected chi connectivity index (χ4v) is 3.71. The topological polar surface area (TPSA) is 104 Å². The number of carbonyl (C=O) groups excluding carboxylic acids is 1. The molecule has 1 amide bonds. The lowest BCUT2D eigenvalue weighted by atomic mass is 9.92. The standard InChI is InChI=1S/C15H23N5O3.ClH/c1-2-3-12-14(20(22)23)13(18-17-12)15(21)19-6-4-10-8-16-9-11(10)5-7-19;/h10-11,16H,2-9H2,1H3,(H,17,18);1H/t10-,11+;. The first-order valence-electron chi connectivity index (χ1n) is 8.33. The molecule has 3 heterocycles. The molecule has 3 rings (SSSR count). The van der Waals surface area contributed by atoms with Crippen LogP contribution in [0.1, 0.15) is 42.4 Å². The molecule has 2 saturated heterocycles. The maximum absolute atomic E-state index is 12.7. The van der Waals surface area contributed by atoms with E-state index >= 15 is 0 Å². The van der Waals surface area contributed by atoms with Gasteiger partial charge >= 0.3 is 5.69 Å². The monoisotopic (exact) mass is 357 g/mol. The molecule has 0 aliphatic carbocycles. The second-order valence-corrected chi connectivity index (χ2v) is 6.45. The highest BCUT2D eigenvalue weighted by Crippen LogP contribution is 2.29. The van der Waals surface area contributed by atoms with Gasteiger partial charge in [-0.25, -0.2) is 0 Å². The molecule has 0 bridgehead atoms. The van der Waals surface area contributed by atoms with Crippen molar-refractivity contribution in [2.24, 2.45) is 11.8 Å². The number of nitro groups is 1. The van der Waals surface area contributed by atoms with E-state index in [1.54, 1.807) is 4.90 Å². The maximum atomic E-state index is 12.7. The molecule has 0 radical (unpaired) electrons. The lowest BCUT2D eigenvalue weighted by molar-refractivity contribution is -0.385. The van der Waals surface area contributed by atoms with E-state index in [1.165, 1.54) is 0 Å². The number of aryl methyl sites for hydroxylation is 1. The number of H-pyrrole nitrogens is 1. The van der Waals surface area contributed by atoms with Gasteiger partial charge in [0.25, 0.3) is 5.91 Å². The van der Waals surface area contributed by atoms with E-state index in [4.69, 9.17) is 0 Å². The van der Waals surface area contributed by atoms with Gasteiger partial charge in [0.05, 0.1) is 4.92 Å². The Labute approximate surface area is 146 Å². The van der Waals surface area contributed by atoms with Gasteiger partial charge in [0.1, 0.15) is 5.69 Å². The van der Waals surface area contributed by atoms with E-state index in [-0.39, 0.29) is 29.7 Å². The third-order valence-corrected chi connectivity index (χ3v) is 5.00. The highest BCUT2D eigenvalue weighted by atomic mass is 35.5. The highest BCUT2D eigenvalue weighted by molar-refractivity contribution is 5.96. The second kappa shape index (κ2) is 7.94. The number of rotatable bonds is 4. The van der Waals surface area contributed by atoms with Crippen molar-refractivity contribution in [3.8, 4) is 0 Å². The van der Waals surface area contributed by atoms with Crippen LogP contribution in [0.5, 0.6) is 0 Å². The molecule has 0 saturated carbocycles. The minimum atomic E-state index is -0.488. The molecule has 24 heavy (non-hydrogen) atoms. The fraction of sp³-hybridized carbons (Fsp3) is 0.733. The second-order valence-electron chi connectivity index (χ2n) is 6.45. The van der Waals surface area contributed by atoms with Crippen LogP contribution in [0.3, 0.4) is 0 Å². The van der Waals surface area contributed by atoms with Gasteiger partial charge in [0.2, 0.25) is 5.69 Å². The number of nitrogens with zero attached hydrogens (tertiary/aromatic N) is 3. The van der Waals surface area contributed by atoms with E-state index < -0.39 is 4.92 Å². The summed E-state index contributed by atoms with van der Waals surface area (Å²) in [7, 11) is 0. The number of aromatic nitrogens is 2. The van der Waals surface area contributed by atoms with Crippen LogP contribution in [0.15, 0.2) is 0 Å². The molecule has 9 heteroatoms. The van der Waals surface area contributed by atoms with Crippen LogP contribution in [0.4, 0.5) is 5.69 Å². The molecule has 2 aliphatic rings. The summed E-state index contributed by atoms with van der Waals surface area (Å²) in [4.78, 5) is 25.3. The summed E-state index contributed by atoms with van der Waals surface area (Å²) in [6.07, 6.45) is 3.18. The third kappa shape index (κ3) is 3.54. The van der Waals surface area contributed by atoms with Crippen LogP contribution in [0.2, 0.25) is 0 Å². The Hall–Kier alpha value is -1.67. The summed E-state index contributed by atoms with van der Waals surface area (Å²) in [5, 5.41) is 21.4. The Balaban J connectivity index is 0.00000208. The fourth-order valence-electron chi connectivity index (χ4n) is 3.71. The lowest BCUT2D eigenvalue weighted by Crippen LogP contribution is -2.33. The molecule has 2 atom stereocenters. The number of carbonyl (C=O) groups is 1. The number of amides is 1. The minimum Gasteiger partial charge on any atom is -0.337 e. The first kappa shape index (κ1) is 18.7. The Morgan fingerprint density at radius 1 is 1.33 bits per heavy atom. The van der Waals surface area contributed by atoms with Crippen LogP contribution in [-0.4, -0.2) is 52.1 Å². The van der Waals surface area contributed by atoms with Gasteiger partial charge in [-0.2, -0.15) is 5.10 Å². The van der Waals surface area contributed by atoms with Crippen molar-refractivity contribution in [3.63, 3.8) is 0 Å². The number of aromatic amines is 1. The van der Waals surface area contributed by atoms with E-state index in [2.05, 4.69) is 15.5 Å². The Bertz CT molecular complexity index is 592. The molecular formula is C15H24ClN5O3. The molecule has 1 aromatic rings. The molecule has 2 aliphatic heterocycles. The summed E-state index contributed by atoms with van der Waals surface area (Å²) in [5.41, 5.74) is 0.253. The van der Waals surface area contributed by atoms with E-state index in [9.17, 15) is 14.9 Å². The van der Waals surface area contributed by atoms with Gasteiger partial charge in [-0.1, -0.05) is 13.3 Å². The first-order valence-corrected chi connectivity index (χ1v) is 8.33. The molecule has 134 valence electrons. The first-order chi connectivity index (χ1) is 11.1. The summed E-state index contributed by atoms with van der Waals surface area (Å²) < 4.78 is 0. The van der Waals surface area contributed by atoms with Gasteiger partial charge in [0.15, 0.2) is 0 Å². The normalized spacial score (nSPS) is 23.3.